The van der Waals surface area contributed by atoms with Gasteiger partial charge < -0.3 is 23.5 Å². The zero-order valence-electron chi connectivity index (χ0n) is 16.1. The first kappa shape index (κ1) is 19.1. The van der Waals surface area contributed by atoms with Crippen LogP contribution in [-0.2, 0) is 6.54 Å². The van der Waals surface area contributed by atoms with Crippen LogP contribution in [0, 0.1) is 0 Å². The molecular weight excluding hydrogens is 392 g/mol. The molecule has 0 unspecified atom stereocenters. The van der Waals surface area contributed by atoms with Crippen molar-refractivity contribution in [2.45, 2.75) is 6.54 Å². The number of methoxy groups -OCH3 is 2. The molecule has 0 spiro atoms. The van der Waals surface area contributed by atoms with Crippen molar-refractivity contribution in [1.29, 1.82) is 0 Å². The third kappa shape index (κ3) is 3.47. The van der Waals surface area contributed by atoms with Crippen LogP contribution in [0.1, 0.15) is 10.4 Å². The first-order chi connectivity index (χ1) is 14.2. The average molecular weight is 412 g/mol. The van der Waals surface area contributed by atoms with Crippen molar-refractivity contribution in [1.82, 2.24) is 4.57 Å². The van der Waals surface area contributed by atoms with Crippen LogP contribution in [0.25, 0.3) is 10.2 Å². The Morgan fingerprint density at radius 3 is 2.48 bits per heavy atom. The van der Waals surface area contributed by atoms with E-state index >= 15 is 0 Å². The number of nitrogens with zero attached hydrogens (tertiary/aromatic N) is 2. The Bertz CT molecular complexity index is 1140. The minimum absolute atomic E-state index is 0.283. The maximum atomic E-state index is 13.1. The Balaban J connectivity index is 1.89. The topological polar surface area (TPSA) is 71.3 Å². The molecule has 0 aliphatic carbocycles. The van der Waals surface area contributed by atoms with Crippen LogP contribution in [0.3, 0.4) is 0 Å². The fourth-order valence-corrected chi connectivity index (χ4v) is 4.25. The van der Waals surface area contributed by atoms with E-state index in [0.717, 1.165) is 10.2 Å². The zero-order valence-corrected chi connectivity index (χ0v) is 17.0. The largest absolute Gasteiger partial charge is 0.496 e. The molecule has 3 aromatic rings. The quantitative estimate of drug-likeness (QED) is 0.601. The molecule has 1 aliphatic heterocycles. The molecule has 1 aliphatic rings. The summed E-state index contributed by atoms with van der Waals surface area (Å²) in [7, 11) is 3.01. The van der Waals surface area contributed by atoms with E-state index in [2.05, 4.69) is 11.6 Å². The van der Waals surface area contributed by atoms with Crippen molar-refractivity contribution in [3.63, 3.8) is 0 Å². The number of carbonyl (C=O) groups excluding carboxylic acids is 1. The maximum Gasteiger partial charge on any atom is 0.287 e. The molecule has 0 bridgehead atoms. The lowest BCUT2D eigenvalue weighted by Gasteiger charge is -2.18. The SMILES string of the molecule is C=CCn1c(=NC(=O)c2c(OC)cccc2OC)sc2cc3c(cc21)OCCO3. The Morgan fingerprint density at radius 2 is 1.86 bits per heavy atom. The third-order valence-corrected chi connectivity index (χ3v) is 5.54. The van der Waals surface area contributed by atoms with Gasteiger partial charge in [-0.15, -0.1) is 6.58 Å². The molecule has 2 aromatic carbocycles. The summed E-state index contributed by atoms with van der Waals surface area (Å²) in [5.41, 5.74) is 1.18. The summed E-state index contributed by atoms with van der Waals surface area (Å²) >= 11 is 1.40. The van der Waals surface area contributed by atoms with Crippen LogP contribution >= 0.6 is 11.3 Å². The van der Waals surface area contributed by atoms with Gasteiger partial charge in [-0.3, -0.25) is 4.79 Å². The molecule has 0 radical (unpaired) electrons. The highest BCUT2D eigenvalue weighted by Gasteiger charge is 2.20. The number of ether oxygens (including phenoxy) is 4. The number of benzene rings is 2. The van der Waals surface area contributed by atoms with E-state index in [4.69, 9.17) is 18.9 Å². The second-order valence-corrected chi connectivity index (χ2v) is 7.21. The highest BCUT2D eigenvalue weighted by molar-refractivity contribution is 7.16. The Morgan fingerprint density at radius 1 is 1.21 bits per heavy atom. The number of carbonyl (C=O) groups is 1. The number of rotatable bonds is 5. The number of aromatic nitrogens is 1. The van der Waals surface area contributed by atoms with Gasteiger partial charge in [0.2, 0.25) is 0 Å². The molecule has 0 atom stereocenters. The van der Waals surface area contributed by atoms with Gasteiger partial charge in [-0.25, -0.2) is 0 Å². The fourth-order valence-electron chi connectivity index (χ4n) is 3.20. The van der Waals surface area contributed by atoms with Gasteiger partial charge >= 0.3 is 0 Å². The maximum absolute atomic E-state index is 13.1. The molecule has 4 rings (SSSR count). The fraction of sp³-hybridized carbons (Fsp3) is 0.238. The van der Waals surface area contributed by atoms with Crippen LogP contribution in [-0.4, -0.2) is 37.9 Å². The average Bonchev–Trinajstić information content (AvgIpc) is 3.07. The van der Waals surface area contributed by atoms with Crippen molar-refractivity contribution < 1.29 is 23.7 Å². The van der Waals surface area contributed by atoms with E-state index in [1.165, 1.54) is 25.6 Å². The Hall–Kier alpha value is -3.26. The van der Waals surface area contributed by atoms with Crippen molar-refractivity contribution in [2.24, 2.45) is 4.99 Å². The molecule has 7 nitrogen and oxygen atoms in total. The summed E-state index contributed by atoms with van der Waals surface area (Å²) in [6.45, 7) is 5.34. The Labute approximate surface area is 171 Å². The predicted octanol–water partition coefficient (Wildman–Crippen LogP) is 3.42. The summed E-state index contributed by atoms with van der Waals surface area (Å²) in [6, 6.07) is 9.00. The second-order valence-electron chi connectivity index (χ2n) is 6.20. The molecule has 0 saturated carbocycles. The third-order valence-electron chi connectivity index (χ3n) is 4.50. The molecule has 0 saturated heterocycles. The summed E-state index contributed by atoms with van der Waals surface area (Å²) in [5.74, 6) is 1.75. The van der Waals surface area contributed by atoms with Crippen LogP contribution in [0.4, 0.5) is 0 Å². The molecule has 8 heteroatoms. The molecule has 2 heterocycles. The van der Waals surface area contributed by atoms with Gasteiger partial charge in [0, 0.05) is 18.7 Å². The van der Waals surface area contributed by atoms with Gasteiger partial charge in [0.15, 0.2) is 16.3 Å². The number of allylic oxidation sites excluding steroid dienone is 1. The first-order valence-electron chi connectivity index (χ1n) is 9.00. The number of hydrogen-bond donors (Lipinski definition) is 0. The van der Waals surface area contributed by atoms with Crippen LogP contribution in [0.5, 0.6) is 23.0 Å². The van der Waals surface area contributed by atoms with Crippen LogP contribution < -0.4 is 23.7 Å². The van der Waals surface area contributed by atoms with Crippen molar-refractivity contribution in [3.05, 3.63) is 53.4 Å². The van der Waals surface area contributed by atoms with Crippen LogP contribution in [0.15, 0.2) is 48.0 Å². The minimum atomic E-state index is -0.444. The van der Waals surface area contributed by atoms with Gasteiger partial charge in [-0.1, -0.05) is 23.5 Å². The lowest BCUT2D eigenvalue weighted by atomic mass is 10.1. The molecule has 0 N–H and O–H groups in total. The molecule has 29 heavy (non-hydrogen) atoms. The minimum Gasteiger partial charge on any atom is -0.496 e. The number of thiazole rings is 1. The molecule has 150 valence electrons. The van der Waals surface area contributed by atoms with Gasteiger partial charge in [-0.2, -0.15) is 4.99 Å². The lowest BCUT2D eigenvalue weighted by molar-refractivity contribution is 0.0992. The lowest BCUT2D eigenvalue weighted by Crippen LogP contribution is -2.17. The molecule has 1 aromatic heterocycles. The molecule has 0 fully saturated rings. The first-order valence-corrected chi connectivity index (χ1v) is 9.82. The molecule has 1 amide bonds. The normalized spacial score (nSPS) is 13.4. The number of hydrogen-bond acceptors (Lipinski definition) is 6. The van der Waals surface area contributed by atoms with Gasteiger partial charge in [0.25, 0.3) is 5.91 Å². The van der Waals surface area contributed by atoms with Crippen LogP contribution in [0.2, 0.25) is 0 Å². The van der Waals surface area contributed by atoms with Gasteiger partial charge in [0.1, 0.15) is 30.3 Å². The summed E-state index contributed by atoms with van der Waals surface area (Å²) in [6.07, 6.45) is 1.76. The van der Waals surface area contributed by atoms with Crippen molar-refractivity contribution >= 4 is 27.5 Å². The number of amides is 1. The van der Waals surface area contributed by atoms with E-state index in [1.807, 2.05) is 16.7 Å². The van der Waals surface area contributed by atoms with Gasteiger partial charge in [0.05, 0.1) is 24.4 Å². The van der Waals surface area contributed by atoms with E-state index in [1.54, 1.807) is 24.3 Å². The highest BCUT2D eigenvalue weighted by Crippen LogP contribution is 2.36. The Kier molecular flexibility index (Phi) is 5.26. The monoisotopic (exact) mass is 412 g/mol. The second kappa shape index (κ2) is 8.00. The van der Waals surface area contributed by atoms with E-state index in [9.17, 15) is 4.79 Å². The zero-order chi connectivity index (χ0) is 20.4. The van der Waals surface area contributed by atoms with Gasteiger partial charge in [-0.05, 0) is 12.1 Å². The summed E-state index contributed by atoms with van der Waals surface area (Å²) in [5, 5.41) is 0. The van der Waals surface area contributed by atoms with E-state index in [-0.39, 0.29) is 5.56 Å². The van der Waals surface area contributed by atoms with E-state index < -0.39 is 5.91 Å². The molecular formula is C21H20N2O5S. The predicted molar refractivity (Wildman–Crippen MR) is 110 cm³/mol. The van der Waals surface area contributed by atoms with Crippen molar-refractivity contribution in [2.75, 3.05) is 27.4 Å². The standard InChI is InChI=1S/C21H20N2O5S/c1-4-8-23-13-11-16-17(28-10-9-27-16)12-18(13)29-21(23)22-20(24)19-14(25-2)6-5-7-15(19)26-3/h4-7,11-12H,1,8-10H2,2-3H3. The summed E-state index contributed by atoms with van der Waals surface area (Å²) < 4.78 is 24.9. The highest BCUT2D eigenvalue weighted by atomic mass is 32.1. The number of fused-ring (bicyclic) bond motifs is 2. The van der Waals surface area contributed by atoms with Crippen molar-refractivity contribution in [3.8, 4) is 23.0 Å². The van der Waals surface area contributed by atoms with E-state index in [0.29, 0.717) is 47.6 Å². The summed E-state index contributed by atoms with van der Waals surface area (Å²) in [4.78, 5) is 18.0. The smallest absolute Gasteiger partial charge is 0.287 e.